The molecular weight excluding hydrogens is 522 g/mol. The molecule has 3 aromatic carbocycles. The second-order valence-corrected chi connectivity index (χ2v) is 10.1. The molecule has 0 radical (unpaired) electrons. The lowest BCUT2D eigenvalue weighted by molar-refractivity contribution is -0.135. The molecule has 41 heavy (non-hydrogen) atoms. The molecule has 0 spiro atoms. The summed E-state index contributed by atoms with van der Waals surface area (Å²) in [7, 11) is 0. The minimum Gasteiger partial charge on any atom is -0.508 e. The average molecular weight is 554 g/mol. The largest absolute Gasteiger partial charge is 0.508 e. The number of carbonyl (C=O) groups is 4. The molecular formula is C31H31N5O5. The van der Waals surface area contributed by atoms with Crippen molar-refractivity contribution in [3.05, 3.63) is 102 Å². The molecule has 0 saturated carbocycles. The molecule has 1 aliphatic heterocycles. The zero-order valence-corrected chi connectivity index (χ0v) is 22.2. The number of carbonyl (C=O) groups excluding carboxylic acids is 4. The Morgan fingerprint density at radius 3 is 1.93 bits per heavy atom. The third-order valence-corrected chi connectivity index (χ3v) is 7.10. The molecule has 4 aromatic rings. The Kier molecular flexibility index (Phi) is 8.28. The number of H-pyrrole nitrogens is 1. The molecule has 6 N–H and O–H groups in total. The first-order valence-corrected chi connectivity index (χ1v) is 13.4. The Labute approximate surface area is 236 Å². The van der Waals surface area contributed by atoms with Gasteiger partial charge in [-0.3, -0.25) is 19.2 Å². The van der Waals surface area contributed by atoms with Crippen LogP contribution in [-0.4, -0.2) is 58.4 Å². The molecule has 10 heteroatoms. The van der Waals surface area contributed by atoms with Crippen molar-refractivity contribution in [2.75, 3.05) is 6.54 Å². The summed E-state index contributed by atoms with van der Waals surface area (Å²) in [5, 5.41) is 21.5. The van der Waals surface area contributed by atoms with E-state index in [1.165, 1.54) is 12.1 Å². The summed E-state index contributed by atoms with van der Waals surface area (Å²) >= 11 is 0. The van der Waals surface area contributed by atoms with Gasteiger partial charge < -0.3 is 31.4 Å². The van der Waals surface area contributed by atoms with Crippen molar-refractivity contribution in [2.45, 2.75) is 37.4 Å². The van der Waals surface area contributed by atoms with Gasteiger partial charge >= 0.3 is 0 Å². The second-order valence-electron chi connectivity index (χ2n) is 10.1. The average Bonchev–Trinajstić information content (AvgIpc) is 3.38. The van der Waals surface area contributed by atoms with E-state index in [1.807, 2.05) is 54.6 Å². The number of hydrogen-bond acceptors (Lipinski definition) is 5. The third-order valence-electron chi connectivity index (χ3n) is 7.10. The van der Waals surface area contributed by atoms with E-state index >= 15 is 0 Å². The highest BCUT2D eigenvalue weighted by molar-refractivity contribution is 5.97. The molecule has 0 bridgehead atoms. The highest BCUT2D eigenvalue weighted by Gasteiger charge is 2.32. The van der Waals surface area contributed by atoms with Crippen molar-refractivity contribution in [1.29, 1.82) is 0 Å². The molecule has 0 aliphatic carbocycles. The zero-order valence-electron chi connectivity index (χ0n) is 22.2. The van der Waals surface area contributed by atoms with Crippen molar-refractivity contribution in [3.63, 3.8) is 0 Å². The van der Waals surface area contributed by atoms with Crippen LogP contribution in [0.2, 0.25) is 0 Å². The Morgan fingerprint density at radius 2 is 1.22 bits per heavy atom. The van der Waals surface area contributed by atoms with Gasteiger partial charge in [-0.1, -0.05) is 60.7 Å². The fourth-order valence-corrected chi connectivity index (χ4v) is 4.95. The molecule has 10 nitrogen and oxygen atoms in total. The van der Waals surface area contributed by atoms with Crippen LogP contribution in [0.1, 0.15) is 16.7 Å². The van der Waals surface area contributed by atoms with E-state index in [-0.39, 0.29) is 31.6 Å². The number of nitrogens with one attached hydrogen (secondary N) is 5. The van der Waals surface area contributed by atoms with Crippen LogP contribution >= 0.6 is 0 Å². The minimum atomic E-state index is -1.04. The van der Waals surface area contributed by atoms with E-state index in [0.29, 0.717) is 5.56 Å². The van der Waals surface area contributed by atoms with Crippen molar-refractivity contribution < 1.29 is 24.3 Å². The summed E-state index contributed by atoms with van der Waals surface area (Å²) in [6, 6.07) is 20.1. The number of aromatic amines is 1. The van der Waals surface area contributed by atoms with Gasteiger partial charge in [0, 0.05) is 36.4 Å². The van der Waals surface area contributed by atoms with E-state index in [2.05, 4.69) is 26.3 Å². The Hall–Kier alpha value is -5.12. The number of phenols is 1. The molecule has 1 aromatic heterocycles. The number of aromatic nitrogens is 1. The fourth-order valence-electron chi connectivity index (χ4n) is 4.95. The van der Waals surface area contributed by atoms with Crippen molar-refractivity contribution in [2.24, 2.45) is 0 Å². The van der Waals surface area contributed by atoms with Gasteiger partial charge in [0.05, 0.1) is 6.54 Å². The van der Waals surface area contributed by atoms with E-state index in [0.717, 1.165) is 22.0 Å². The molecule has 1 aliphatic rings. The van der Waals surface area contributed by atoms with Crippen LogP contribution < -0.4 is 21.3 Å². The van der Waals surface area contributed by atoms with Crippen LogP contribution in [0.25, 0.3) is 10.9 Å². The number of phenolic OH excluding ortho intramolecular Hbond substituents is 1. The highest BCUT2D eigenvalue weighted by Crippen LogP contribution is 2.20. The number of para-hydroxylation sites is 1. The van der Waals surface area contributed by atoms with Gasteiger partial charge in [0.1, 0.15) is 23.9 Å². The van der Waals surface area contributed by atoms with E-state index in [9.17, 15) is 24.3 Å². The van der Waals surface area contributed by atoms with Crippen LogP contribution in [0.15, 0.2) is 85.1 Å². The van der Waals surface area contributed by atoms with E-state index in [1.54, 1.807) is 18.3 Å². The van der Waals surface area contributed by atoms with E-state index in [4.69, 9.17) is 0 Å². The topological polar surface area (TPSA) is 152 Å². The molecule has 210 valence electrons. The molecule has 1 saturated heterocycles. The zero-order chi connectivity index (χ0) is 28.8. The predicted octanol–water partition coefficient (Wildman–Crippen LogP) is 1.49. The molecule has 1 fully saturated rings. The molecule has 4 amide bonds. The smallest absolute Gasteiger partial charge is 0.243 e. The Balaban J connectivity index is 1.45. The summed E-state index contributed by atoms with van der Waals surface area (Å²) in [4.78, 5) is 56.5. The lowest BCUT2D eigenvalue weighted by Crippen LogP contribution is -2.60. The normalized spacial score (nSPS) is 20.2. The second kappa shape index (κ2) is 12.4. The molecule has 2 heterocycles. The van der Waals surface area contributed by atoms with Crippen LogP contribution in [0, 0.1) is 0 Å². The first-order valence-electron chi connectivity index (χ1n) is 13.4. The van der Waals surface area contributed by atoms with Crippen LogP contribution in [0.5, 0.6) is 5.75 Å². The quantitative estimate of drug-likeness (QED) is 0.214. The maximum Gasteiger partial charge on any atom is 0.243 e. The van der Waals surface area contributed by atoms with Gasteiger partial charge in [-0.05, 0) is 34.9 Å². The number of hydrogen-bond donors (Lipinski definition) is 6. The van der Waals surface area contributed by atoms with Crippen LogP contribution in [-0.2, 0) is 38.4 Å². The third kappa shape index (κ3) is 6.91. The van der Waals surface area contributed by atoms with Gasteiger partial charge in [0.25, 0.3) is 0 Å². The van der Waals surface area contributed by atoms with Crippen LogP contribution in [0.3, 0.4) is 0 Å². The lowest BCUT2D eigenvalue weighted by Gasteiger charge is -2.27. The number of aromatic hydroxyl groups is 1. The first kappa shape index (κ1) is 27.4. The van der Waals surface area contributed by atoms with Gasteiger partial charge in [0.15, 0.2) is 0 Å². The summed E-state index contributed by atoms with van der Waals surface area (Å²) in [6.45, 7) is -0.363. The standard InChI is InChI=1S/C31H31N5O5/c37-22-12-10-20(11-13-22)15-26-30(40)36-27(16-21-17-32-24-9-5-4-8-23(21)24)31(41)35-25(14-19-6-2-1-3-7-19)29(39)33-18-28(38)34-26/h1-13,17,25-27,32,37H,14-16,18H2,(H,33,39)(H,34,38)(H,35,41)(H,36,40)/t25-,26-,27-/m0/s1. The maximum absolute atomic E-state index is 13.7. The number of amides is 4. The maximum atomic E-state index is 13.7. The van der Waals surface area contributed by atoms with Crippen molar-refractivity contribution >= 4 is 34.5 Å². The molecule has 0 unspecified atom stereocenters. The van der Waals surface area contributed by atoms with Gasteiger partial charge in [-0.25, -0.2) is 0 Å². The van der Waals surface area contributed by atoms with E-state index < -0.39 is 41.8 Å². The Morgan fingerprint density at radius 1 is 0.634 bits per heavy atom. The van der Waals surface area contributed by atoms with Gasteiger partial charge in [0.2, 0.25) is 23.6 Å². The number of fused-ring (bicyclic) bond motifs is 1. The monoisotopic (exact) mass is 553 g/mol. The SMILES string of the molecule is O=C1CNC(=O)[C@H](Cc2ccccc2)NC(=O)[C@H](Cc2c[nH]c3ccccc23)NC(=O)[C@H](Cc2ccc(O)cc2)N1. The van der Waals surface area contributed by atoms with Crippen molar-refractivity contribution in [1.82, 2.24) is 26.3 Å². The number of benzene rings is 3. The fraction of sp³-hybridized carbons (Fsp3) is 0.226. The predicted molar refractivity (Wildman–Crippen MR) is 153 cm³/mol. The van der Waals surface area contributed by atoms with Gasteiger partial charge in [-0.2, -0.15) is 0 Å². The number of rotatable bonds is 6. The van der Waals surface area contributed by atoms with Crippen LogP contribution in [0.4, 0.5) is 0 Å². The first-order chi connectivity index (χ1) is 19.9. The summed E-state index contributed by atoms with van der Waals surface area (Å²) in [6.07, 6.45) is 2.27. The summed E-state index contributed by atoms with van der Waals surface area (Å²) in [5.74, 6) is -2.04. The molecule has 5 rings (SSSR count). The summed E-state index contributed by atoms with van der Waals surface area (Å²) in [5.41, 5.74) is 3.23. The van der Waals surface area contributed by atoms with Crippen molar-refractivity contribution in [3.8, 4) is 5.75 Å². The summed E-state index contributed by atoms with van der Waals surface area (Å²) < 4.78 is 0. The Bertz CT molecular complexity index is 1550. The highest BCUT2D eigenvalue weighted by atomic mass is 16.3. The minimum absolute atomic E-state index is 0.0733. The van der Waals surface area contributed by atoms with Gasteiger partial charge in [-0.15, -0.1) is 0 Å². The molecule has 3 atom stereocenters. The lowest BCUT2D eigenvalue weighted by atomic mass is 10.0.